The van der Waals surface area contributed by atoms with Gasteiger partial charge in [0.1, 0.15) is 0 Å². The van der Waals surface area contributed by atoms with Gasteiger partial charge in [-0.1, -0.05) is 23.5 Å². The maximum atomic E-state index is 13.5. The molecule has 0 radical (unpaired) electrons. The minimum atomic E-state index is -0.199. The number of nitrogens with zero attached hydrogens (tertiary/aromatic N) is 2. The van der Waals surface area contributed by atoms with E-state index in [4.69, 9.17) is 15.5 Å². The summed E-state index contributed by atoms with van der Waals surface area (Å²) < 4.78 is 7.34. The lowest BCUT2D eigenvalue weighted by atomic mass is 9.49. The summed E-state index contributed by atoms with van der Waals surface area (Å²) in [4.78, 5) is 20.0. The Bertz CT molecular complexity index is 955. The van der Waals surface area contributed by atoms with Crippen molar-refractivity contribution < 1.29 is 9.53 Å². The summed E-state index contributed by atoms with van der Waals surface area (Å²) >= 11 is 1.57. The minimum Gasteiger partial charge on any atom is -0.399 e. The summed E-state index contributed by atoms with van der Waals surface area (Å²) in [6.07, 6.45) is 9.22. The molecule has 0 aliphatic heterocycles. The van der Waals surface area contributed by atoms with Crippen LogP contribution in [0.5, 0.6) is 0 Å². The van der Waals surface area contributed by atoms with Gasteiger partial charge in [0, 0.05) is 25.5 Å². The number of nitrogen functional groups attached to an aromatic ring is 1. The quantitative estimate of drug-likeness (QED) is 0.754. The Kier molecular flexibility index (Phi) is 4.87. The van der Waals surface area contributed by atoms with E-state index in [2.05, 4.69) is 10.8 Å². The second-order valence-corrected chi connectivity index (χ2v) is 10.3. The summed E-state index contributed by atoms with van der Waals surface area (Å²) in [6, 6.07) is 7.87. The van der Waals surface area contributed by atoms with E-state index in [0.717, 1.165) is 57.9 Å². The topological polar surface area (TPSA) is 69.6 Å². The minimum absolute atomic E-state index is 0.115. The molecule has 4 aliphatic carbocycles. The Hall–Kier alpha value is -1.92. The monoisotopic (exact) mass is 411 g/mol. The third kappa shape index (κ3) is 3.57. The van der Waals surface area contributed by atoms with Gasteiger partial charge >= 0.3 is 0 Å². The molecule has 4 bridgehead atoms. The highest BCUT2D eigenvalue weighted by Gasteiger charge is 2.54. The molecule has 0 unspecified atom stereocenters. The number of carbonyl (C=O) groups excluding carboxylic acids is 1. The summed E-state index contributed by atoms with van der Waals surface area (Å²) in [5.41, 5.74) is 7.57. The van der Waals surface area contributed by atoms with Crippen LogP contribution in [0.1, 0.15) is 38.5 Å². The molecule has 1 heterocycles. The number of thiazole rings is 1. The van der Waals surface area contributed by atoms with Gasteiger partial charge in [0.15, 0.2) is 4.80 Å². The second kappa shape index (κ2) is 7.40. The van der Waals surface area contributed by atoms with Gasteiger partial charge < -0.3 is 15.0 Å². The van der Waals surface area contributed by atoms with Gasteiger partial charge in [-0.3, -0.25) is 4.79 Å². The first-order chi connectivity index (χ1) is 14.0. The van der Waals surface area contributed by atoms with Crippen LogP contribution >= 0.6 is 11.3 Å². The highest BCUT2D eigenvalue weighted by molar-refractivity contribution is 7.12. The van der Waals surface area contributed by atoms with Gasteiger partial charge in [-0.25, -0.2) is 0 Å². The van der Waals surface area contributed by atoms with Gasteiger partial charge in [-0.2, -0.15) is 4.99 Å². The van der Waals surface area contributed by atoms with Crippen molar-refractivity contribution in [2.45, 2.75) is 45.1 Å². The van der Waals surface area contributed by atoms with Crippen molar-refractivity contribution in [1.82, 2.24) is 4.57 Å². The fourth-order valence-electron chi connectivity index (χ4n) is 6.22. The van der Waals surface area contributed by atoms with E-state index in [1.54, 1.807) is 18.4 Å². The normalized spacial score (nSPS) is 30.8. The van der Waals surface area contributed by atoms with Crippen LogP contribution < -0.4 is 10.5 Å². The molecule has 0 atom stereocenters. The molecule has 154 valence electrons. The number of carbonyl (C=O) groups is 1. The molecule has 29 heavy (non-hydrogen) atoms. The molecule has 1 aromatic heterocycles. The average molecular weight is 412 g/mol. The number of methoxy groups -OCH3 is 1. The summed E-state index contributed by atoms with van der Waals surface area (Å²) in [5.74, 6) is 2.34. The van der Waals surface area contributed by atoms with E-state index in [9.17, 15) is 4.79 Å². The van der Waals surface area contributed by atoms with Gasteiger partial charge in [0.05, 0.1) is 16.9 Å². The third-order valence-corrected chi connectivity index (χ3v) is 8.19. The Morgan fingerprint density at radius 1 is 1.24 bits per heavy atom. The molecule has 6 heteroatoms. The zero-order chi connectivity index (χ0) is 20.0. The van der Waals surface area contributed by atoms with E-state index in [1.165, 1.54) is 19.3 Å². The van der Waals surface area contributed by atoms with Crippen LogP contribution in [0.4, 0.5) is 5.69 Å². The predicted molar refractivity (Wildman–Crippen MR) is 115 cm³/mol. The van der Waals surface area contributed by atoms with E-state index in [1.807, 2.05) is 24.3 Å². The lowest BCUT2D eigenvalue weighted by molar-refractivity contribution is -0.142. The van der Waals surface area contributed by atoms with Crippen molar-refractivity contribution in [2.75, 3.05) is 19.5 Å². The smallest absolute Gasteiger partial charge is 0.254 e. The molecular formula is C23H29N3O2S. The Morgan fingerprint density at radius 3 is 2.55 bits per heavy atom. The van der Waals surface area contributed by atoms with Gasteiger partial charge in [-0.05, 0) is 74.0 Å². The van der Waals surface area contributed by atoms with Crippen molar-refractivity contribution in [3.8, 4) is 10.4 Å². The first-order valence-corrected chi connectivity index (χ1v) is 11.5. The van der Waals surface area contributed by atoms with Gasteiger partial charge in [-0.15, -0.1) is 0 Å². The van der Waals surface area contributed by atoms with Crippen LogP contribution in [-0.4, -0.2) is 24.2 Å². The molecule has 4 saturated carbocycles. The van der Waals surface area contributed by atoms with Crippen molar-refractivity contribution in [3.05, 3.63) is 35.3 Å². The maximum Gasteiger partial charge on any atom is 0.254 e. The van der Waals surface area contributed by atoms with Crippen molar-refractivity contribution >= 4 is 22.9 Å². The Morgan fingerprint density at radius 2 is 1.93 bits per heavy atom. The van der Waals surface area contributed by atoms with Gasteiger partial charge in [0.2, 0.25) is 0 Å². The maximum absolute atomic E-state index is 13.5. The number of aromatic nitrogens is 1. The molecule has 4 fully saturated rings. The van der Waals surface area contributed by atoms with E-state index >= 15 is 0 Å². The molecule has 6 rings (SSSR count). The van der Waals surface area contributed by atoms with Crippen molar-refractivity contribution in [2.24, 2.45) is 28.2 Å². The fourth-order valence-corrected chi connectivity index (χ4v) is 7.23. The Labute approximate surface area is 175 Å². The molecule has 2 N–H and O–H groups in total. The highest BCUT2D eigenvalue weighted by atomic mass is 32.1. The number of hydrogen-bond donors (Lipinski definition) is 1. The molecule has 5 nitrogen and oxygen atoms in total. The first kappa shape index (κ1) is 19.1. The number of ether oxygens (including phenoxy) is 1. The molecule has 2 aromatic rings. The summed E-state index contributed by atoms with van der Waals surface area (Å²) in [5, 5.41) is 0. The number of amides is 1. The fraction of sp³-hybridized carbons (Fsp3) is 0.565. The first-order valence-electron chi connectivity index (χ1n) is 10.7. The molecular weight excluding hydrogens is 382 g/mol. The van der Waals surface area contributed by atoms with Crippen LogP contribution in [0.15, 0.2) is 35.5 Å². The lowest BCUT2D eigenvalue weighted by Crippen LogP contribution is -2.49. The highest BCUT2D eigenvalue weighted by Crippen LogP contribution is 2.60. The average Bonchev–Trinajstić information content (AvgIpc) is 3.08. The van der Waals surface area contributed by atoms with Crippen LogP contribution in [-0.2, 0) is 16.1 Å². The predicted octanol–water partition coefficient (Wildman–Crippen LogP) is 4.09. The lowest BCUT2D eigenvalue weighted by Gasteiger charge is -2.55. The number of hydrogen-bond acceptors (Lipinski definition) is 4. The Balaban J connectivity index is 1.50. The second-order valence-electron chi connectivity index (χ2n) is 9.30. The molecule has 0 spiro atoms. The molecule has 1 aromatic carbocycles. The molecule has 4 aliphatic rings. The summed E-state index contributed by atoms with van der Waals surface area (Å²) in [6.45, 7) is 1.27. The SMILES string of the molecule is COCCn1cc(-c2cccc(N)c2)sc1=NC(=O)C12CC3CC(CC(C3)C1)C2. The number of benzene rings is 1. The number of rotatable bonds is 5. The standard InChI is InChI=1S/C23H29N3O2S/c1-28-6-5-26-14-20(18-3-2-4-19(24)10-18)29-22(26)25-21(27)23-11-15-7-16(12-23)9-17(8-15)13-23/h2-4,10,14-17H,5-9,11-13,24H2,1H3. The van der Waals surface area contributed by atoms with E-state index < -0.39 is 0 Å². The summed E-state index contributed by atoms with van der Waals surface area (Å²) in [7, 11) is 1.70. The zero-order valence-corrected chi connectivity index (χ0v) is 17.8. The number of nitrogens with two attached hydrogens (primary N) is 1. The molecule has 1 amide bonds. The van der Waals surface area contributed by atoms with Crippen molar-refractivity contribution in [3.63, 3.8) is 0 Å². The largest absolute Gasteiger partial charge is 0.399 e. The van der Waals surface area contributed by atoms with Crippen molar-refractivity contribution in [1.29, 1.82) is 0 Å². The number of anilines is 1. The van der Waals surface area contributed by atoms with Crippen LogP contribution in [0.2, 0.25) is 0 Å². The van der Waals surface area contributed by atoms with Crippen LogP contribution in [0, 0.1) is 23.2 Å². The van der Waals surface area contributed by atoms with E-state index in [-0.39, 0.29) is 11.3 Å². The van der Waals surface area contributed by atoms with E-state index in [0.29, 0.717) is 13.2 Å². The van der Waals surface area contributed by atoms with Crippen LogP contribution in [0.25, 0.3) is 10.4 Å². The van der Waals surface area contributed by atoms with Crippen LogP contribution in [0.3, 0.4) is 0 Å². The van der Waals surface area contributed by atoms with Gasteiger partial charge in [0.25, 0.3) is 5.91 Å². The molecule has 0 saturated heterocycles. The zero-order valence-electron chi connectivity index (χ0n) is 17.0. The third-order valence-electron chi connectivity index (χ3n) is 7.12.